The molecule has 170 valence electrons. The Morgan fingerprint density at radius 1 is 0.818 bits per heavy atom. The number of quaternary nitrogens is 1. The first kappa shape index (κ1) is 22.8. The average molecular weight is 442 g/mol. The fourth-order valence-electron chi connectivity index (χ4n) is 4.27. The minimum absolute atomic E-state index is 0.457. The van der Waals surface area contributed by atoms with Crippen LogP contribution < -0.4 is 4.74 Å². The van der Waals surface area contributed by atoms with Crippen LogP contribution in [0, 0.1) is 0 Å². The second-order valence-corrected chi connectivity index (χ2v) is 9.32. The minimum atomic E-state index is -0.457. The summed E-state index contributed by atoms with van der Waals surface area (Å²) in [5.41, 5.74) is 1.87. The Bertz CT molecular complexity index is 1080. The molecule has 1 aromatic heterocycles. The first-order valence-corrected chi connectivity index (χ1v) is 11.5. The molecule has 4 rings (SSSR count). The molecule has 4 aromatic rings. The lowest BCUT2D eigenvalue weighted by Gasteiger charge is -2.29. The zero-order valence-corrected chi connectivity index (χ0v) is 19.8. The van der Waals surface area contributed by atoms with Crippen molar-refractivity contribution in [1.82, 2.24) is 4.98 Å². The van der Waals surface area contributed by atoms with Gasteiger partial charge < -0.3 is 13.6 Å². The quantitative estimate of drug-likeness (QED) is 0.221. The van der Waals surface area contributed by atoms with Gasteiger partial charge in [-0.05, 0) is 30.2 Å². The fourth-order valence-corrected chi connectivity index (χ4v) is 4.27. The molecular weight excluding hydrogens is 408 g/mol. The standard InChI is InChI=1S/C29H33N2O2/c1-29(24-14-7-4-8-15-24,25-16-9-5-10-17-25)28-30-22-27(33-28)23-31(2,3)20-13-21-32-26-18-11-6-12-19-26/h4-12,14-19,22H,13,20-21,23H2,1-3H3/q+1. The molecule has 0 aliphatic rings. The number of hydrogen-bond donors (Lipinski definition) is 0. The first-order chi connectivity index (χ1) is 16.0. The lowest BCUT2D eigenvalue weighted by Crippen LogP contribution is -2.40. The van der Waals surface area contributed by atoms with Crippen LogP contribution in [0.3, 0.4) is 0 Å². The van der Waals surface area contributed by atoms with Crippen LogP contribution in [0.1, 0.15) is 36.1 Å². The monoisotopic (exact) mass is 441 g/mol. The molecule has 1 heterocycles. The summed E-state index contributed by atoms with van der Waals surface area (Å²) in [4.78, 5) is 4.76. The maximum atomic E-state index is 6.41. The zero-order chi connectivity index (χ0) is 23.2. The van der Waals surface area contributed by atoms with Gasteiger partial charge in [-0.3, -0.25) is 0 Å². The van der Waals surface area contributed by atoms with Crippen molar-refractivity contribution in [3.8, 4) is 5.75 Å². The van der Waals surface area contributed by atoms with Gasteiger partial charge in [0.2, 0.25) is 5.89 Å². The van der Waals surface area contributed by atoms with E-state index in [0.717, 1.165) is 52.5 Å². The molecule has 0 unspecified atom stereocenters. The van der Waals surface area contributed by atoms with E-state index >= 15 is 0 Å². The summed E-state index contributed by atoms with van der Waals surface area (Å²) >= 11 is 0. The van der Waals surface area contributed by atoms with E-state index in [1.165, 1.54) is 0 Å². The van der Waals surface area contributed by atoms with Crippen LogP contribution in [-0.2, 0) is 12.0 Å². The summed E-state index contributed by atoms with van der Waals surface area (Å²) in [6, 6.07) is 30.9. The smallest absolute Gasteiger partial charge is 0.209 e. The Morgan fingerprint density at radius 2 is 1.36 bits per heavy atom. The molecule has 0 amide bonds. The van der Waals surface area contributed by atoms with E-state index in [-0.39, 0.29) is 0 Å². The minimum Gasteiger partial charge on any atom is -0.493 e. The Labute approximate surface area is 197 Å². The number of rotatable bonds is 10. The van der Waals surface area contributed by atoms with E-state index in [0.29, 0.717) is 6.61 Å². The normalized spacial score (nSPS) is 12.0. The van der Waals surface area contributed by atoms with Crippen LogP contribution in [0.2, 0.25) is 0 Å². The maximum absolute atomic E-state index is 6.41. The SMILES string of the molecule is CC(c1ccccc1)(c1ccccc1)c1ncc(C[N+](C)(C)CCCOc2ccccc2)o1. The predicted molar refractivity (Wildman–Crippen MR) is 132 cm³/mol. The van der Waals surface area contributed by atoms with Crippen molar-refractivity contribution >= 4 is 0 Å². The lowest BCUT2D eigenvalue weighted by atomic mass is 9.76. The number of oxazole rings is 1. The van der Waals surface area contributed by atoms with Crippen molar-refractivity contribution in [2.75, 3.05) is 27.2 Å². The molecule has 3 aromatic carbocycles. The summed E-state index contributed by atoms with van der Waals surface area (Å²) in [5.74, 6) is 2.54. The fraction of sp³-hybridized carbons (Fsp3) is 0.276. The van der Waals surface area contributed by atoms with Gasteiger partial charge in [0.25, 0.3) is 0 Å². The van der Waals surface area contributed by atoms with E-state index in [1.54, 1.807) is 0 Å². The van der Waals surface area contributed by atoms with Crippen LogP contribution in [0.25, 0.3) is 0 Å². The summed E-state index contributed by atoms with van der Waals surface area (Å²) in [5, 5.41) is 0. The van der Waals surface area contributed by atoms with Crippen molar-refractivity contribution in [3.05, 3.63) is 120 Å². The number of para-hydroxylation sites is 1. The zero-order valence-electron chi connectivity index (χ0n) is 19.8. The molecule has 0 N–H and O–H groups in total. The van der Waals surface area contributed by atoms with E-state index in [2.05, 4.69) is 69.6 Å². The van der Waals surface area contributed by atoms with Crippen molar-refractivity contribution in [2.24, 2.45) is 0 Å². The van der Waals surface area contributed by atoms with Gasteiger partial charge in [-0.1, -0.05) is 78.9 Å². The van der Waals surface area contributed by atoms with Gasteiger partial charge in [0, 0.05) is 6.42 Å². The van der Waals surface area contributed by atoms with E-state index in [1.807, 2.05) is 48.7 Å². The summed E-state index contributed by atoms with van der Waals surface area (Å²) in [6.45, 7) is 4.65. The van der Waals surface area contributed by atoms with Gasteiger partial charge in [-0.25, -0.2) is 4.98 Å². The van der Waals surface area contributed by atoms with Crippen LogP contribution in [-0.4, -0.2) is 36.7 Å². The number of benzene rings is 3. The Morgan fingerprint density at radius 3 is 1.94 bits per heavy atom. The second kappa shape index (κ2) is 10.1. The molecule has 0 radical (unpaired) electrons. The molecule has 0 aliphatic carbocycles. The molecular formula is C29H33N2O2+. The highest BCUT2D eigenvalue weighted by atomic mass is 16.5. The van der Waals surface area contributed by atoms with E-state index in [4.69, 9.17) is 14.1 Å². The van der Waals surface area contributed by atoms with Gasteiger partial charge in [0.05, 0.1) is 38.9 Å². The molecule has 0 aliphatic heterocycles. The summed E-state index contributed by atoms with van der Waals surface area (Å²) < 4.78 is 13.1. The second-order valence-electron chi connectivity index (χ2n) is 9.32. The number of aromatic nitrogens is 1. The molecule has 0 saturated heterocycles. The molecule has 33 heavy (non-hydrogen) atoms. The molecule has 0 fully saturated rings. The third kappa shape index (κ3) is 5.52. The summed E-state index contributed by atoms with van der Waals surface area (Å²) in [7, 11) is 4.44. The molecule has 0 spiro atoms. The Kier molecular flexibility index (Phi) is 6.95. The van der Waals surface area contributed by atoms with Crippen molar-refractivity contribution < 1.29 is 13.6 Å². The topological polar surface area (TPSA) is 35.3 Å². The highest BCUT2D eigenvalue weighted by Gasteiger charge is 2.36. The molecule has 0 bridgehead atoms. The highest BCUT2D eigenvalue weighted by molar-refractivity contribution is 5.44. The Hall–Kier alpha value is -3.37. The van der Waals surface area contributed by atoms with Crippen LogP contribution in [0.4, 0.5) is 0 Å². The van der Waals surface area contributed by atoms with E-state index < -0.39 is 5.41 Å². The van der Waals surface area contributed by atoms with Gasteiger partial charge in [0.1, 0.15) is 12.3 Å². The van der Waals surface area contributed by atoms with E-state index in [9.17, 15) is 0 Å². The van der Waals surface area contributed by atoms with Crippen LogP contribution in [0.5, 0.6) is 5.75 Å². The van der Waals surface area contributed by atoms with Gasteiger partial charge in [-0.2, -0.15) is 0 Å². The first-order valence-electron chi connectivity index (χ1n) is 11.5. The van der Waals surface area contributed by atoms with Crippen molar-refractivity contribution in [2.45, 2.75) is 25.3 Å². The highest BCUT2D eigenvalue weighted by Crippen LogP contribution is 2.38. The van der Waals surface area contributed by atoms with Crippen molar-refractivity contribution in [3.63, 3.8) is 0 Å². The molecule has 4 heteroatoms. The average Bonchev–Trinajstić information content (AvgIpc) is 3.31. The Balaban J connectivity index is 1.46. The molecule has 4 nitrogen and oxygen atoms in total. The molecule has 0 atom stereocenters. The third-order valence-electron chi connectivity index (χ3n) is 6.19. The molecule has 0 saturated carbocycles. The van der Waals surface area contributed by atoms with Gasteiger partial charge in [-0.15, -0.1) is 0 Å². The number of nitrogens with zero attached hydrogens (tertiary/aromatic N) is 2. The largest absolute Gasteiger partial charge is 0.493 e. The number of ether oxygens (including phenoxy) is 1. The maximum Gasteiger partial charge on any atom is 0.209 e. The lowest BCUT2D eigenvalue weighted by molar-refractivity contribution is -0.904. The summed E-state index contributed by atoms with van der Waals surface area (Å²) in [6.07, 6.45) is 2.86. The number of hydrogen-bond acceptors (Lipinski definition) is 3. The van der Waals surface area contributed by atoms with Gasteiger partial charge >= 0.3 is 0 Å². The predicted octanol–water partition coefficient (Wildman–Crippen LogP) is 6.07. The third-order valence-corrected chi connectivity index (χ3v) is 6.19. The van der Waals surface area contributed by atoms with Crippen LogP contribution >= 0.6 is 0 Å². The van der Waals surface area contributed by atoms with Crippen molar-refractivity contribution in [1.29, 1.82) is 0 Å². The van der Waals surface area contributed by atoms with Crippen LogP contribution in [0.15, 0.2) is 102 Å². The van der Waals surface area contributed by atoms with Gasteiger partial charge in [0.15, 0.2) is 5.76 Å².